The molecule has 0 spiro atoms. The van der Waals surface area contributed by atoms with E-state index < -0.39 is 11.7 Å². The number of aryl methyl sites for hydroxylation is 1. The lowest BCUT2D eigenvalue weighted by Crippen LogP contribution is -2.25. The minimum atomic E-state index is -3.31. The predicted octanol–water partition coefficient (Wildman–Crippen LogP) is 2.78. The van der Waals surface area contributed by atoms with E-state index in [1.165, 1.54) is 0 Å². The van der Waals surface area contributed by atoms with Gasteiger partial charge in [-0.1, -0.05) is 0 Å². The van der Waals surface area contributed by atoms with Crippen LogP contribution in [-0.4, -0.2) is 16.7 Å². The maximum absolute atomic E-state index is 12.8. The summed E-state index contributed by atoms with van der Waals surface area (Å²) >= 11 is 0. The lowest BCUT2D eigenvalue weighted by Gasteiger charge is -2.07. The highest BCUT2D eigenvalue weighted by atomic mass is 19.3. The maximum Gasteiger partial charge on any atom is 0.308 e. The fourth-order valence-corrected chi connectivity index (χ4v) is 1.29. The van der Waals surface area contributed by atoms with E-state index in [0.29, 0.717) is 12.5 Å². The molecular weight excluding hydrogens is 188 g/mol. The van der Waals surface area contributed by atoms with Crippen LogP contribution >= 0.6 is 0 Å². The van der Waals surface area contributed by atoms with Gasteiger partial charge in [0.05, 0.1) is 5.69 Å². The molecule has 1 heterocycles. The average Bonchev–Trinajstić information content (AvgIpc) is 2.30. The highest BCUT2D eigenvalue weighted by Crippen LogP contribution is 2.24. The van der Waals surface area contributed by atoms with E-state index in [9.17, 15) is 13.6 Å². The Balaban J connectivity index is 3.22. The number of aromatic nitrogens is 1. The van der Waals surface area contributed by atoms with Crippen molar-refractivity contribution < 1.29 is 13.6 Å². The van der Waals surface area contributed by atoms with E-state index in [2.05, 4.69) is 4.98 Å². The van der Waals surface area contributed by atoms with Crippen molar-refractivity contribution in [1.82, 2.24) is 4.98 Å². The van der Waals surface area contributed by atoms with Crippen molar-refractivity contribution in [2.75, 3.05) is 0 Å². The third-order valence-electron chi connectivity index (χ3n) is 2.44. The van der Waals surface area contributed by atoms with Crippen LogP contribution in [0.1, 0.15) is 34.2 Å². The Morgan fingerprint density at radius 1 is 1.21 bits per heavy atom. The smallest absolute Gasteiger partial charge is 0.308 e. The van der Waals surface area contributed by atoms with Crippen LogP contribution in [0.25, 0.3) is 0 Å². The average molecular weight is 201 g/mol. The molecule has 0 aliphatic rings. The number of aromatic amines is 1. The summed E-state index contributed by atoms with van der Waals surface area (Å²) in [7, 11) is 0. The van der Waals surface area contributed by atoms with Crippen molar-refractivity contribution in [3.05, 3.63) is 22.5 Å². The van der Waals surface area contributed by atoms with Crippen molar-refractivity contribution in [1.29, 1.82) is 0 Å². The topological polar surface area (TPSA) is 32.9 Å². The maximum atomic E-state index is 12.8. The Morgan fingerprint density at radius 2 is 1.71 bits per heavy atom. The molecule has 0 radical (unpaired) electrons. The summed E-state index contributed by atoms with van der Waals surface area (Å²) in [6.45, 7) is 5.83. The predicted molar refractivity (Wildman–Crippen MR) is 50.0 cm³/mol. The summed E-state index contributed by atoms with van der Waals surface area (Å²) in [6.07, 6.45) is 0. The number of H-pyrrole nitrogens is 1. The number of hydrogen-bond donors (Lipinski definition) is 1. The van der Waals surface area contributed by atoms with Crippen molar-refractivity contribution >= 4 is 5.78 Å². The van der Waals surface area contributed by atoms with E-state index >= 15 is 0 Å². The molecule has 0 aliphatic carbocycles. The second-order valence-corrected chi connectivity index (χ2v) is 3.59. The first kappa shape index (κ1) is 10.9. The summed E-state index contributed by atoms with van der Waals surface area (Å²) < 4.78 is 25.5. The zero-order valence-electron chi connectivity index (χ0n) is 8.66. The molecule has 0 saturated carbocycles. The normalized spacial score (nSPS) is 11.9. The van der Waals surface area contributed by atoms with Crippen LogP contribution in [0.4, 0.5) is 8.78 Å². The van der Waals surface area contributed by atoms with E-state index in [-0.39, 0.29) is 5.69 Å². The zero-order valence-corrected chi connectivity index (χ0v) is 8.66. The molecule has 2 nitrogen and oxygen atoms in total. The van der Waals surface area contributed by atoms with Crippen molar-refractivity contribution in [2.45, 2.75) is 33.6 Å². The molecular formula is C10H13F2NO. The van der Waals surface area contributed by atoms with Crippen LogP contribution < -0.4 is 0 Å². The lowest BCUT2D eigenvalue weighted by molar-refractivity contribution is 0.0216. The van der Waals surface area contributed by atoms with Gasteiger partial charge in [-0.3, -0.25) is 4.79 Å². The SMILES string of the molecule is Cc1[nH]c(C(=O)C(C)(F)F)c(C)c1C. The van der Waals surface area contributed by atoms with Gasteiger partial charge in [0.2, 0.25) is 5.78 Å². The second kappa shape index (κ2) is 3.19. The fraction of sp³-hybridized carbons (Fsp3) is 0.500. The van der Waals surface area contributed by atoms with Crippen LogP contribution in [0.3, 0.4) is 0 Å². The van der Waals surface area contributed by atoms with E-state index in [1.54, 1.807) is 20.8 Å². The van der Waals surface area contributed by atoms with Gasteiger partial charge in [0.15, 0.2) is 0 Å². The van der Waals surface area contributed by atoms with Crippen molar-refractivity contribution in [3.8, 4) is 0 Å². The number of Topliss-reactive ketones (excluding diaryl/α,β-unsaturated/α-hetero) is 1. The molecule has 0 saturated heterocycles. The van der Waals surface area contributed by atoms with Gasteiger partial charge in [-0.25, -0.2) is 0 Å². The lowest BCUT2D eigenvalue weighted by atomic mass is 10.1. The van der Waals surface area contributed by atoms with E-state index in [0.717, 1.165) is 11.3 Å². The number of hydrogen-bond acceptors (Lipinski definition) is 1. The molecule has 1 rings (SSSR count). The number of alkyl halides is 2. The summed E-state index contributed by atoms with van der Waals surface area (Å²) in [5.74, 6) is -4.46. The first-order valence-electron chi connectivity index (χ1n) is 4.33. The Morgan fingerprint density at radius 3 is 2.00 bits per heavy atom. The number of ketones is 1. The van der Waals surface area contributed by atoms with Gasteiger partial charge >= 0.3 is 5.92 Å². The number of halogens is 2. The molecule has 0 bridgehead atoms. The number of nitrogens with one attached hydrogen (secondary N) is 1. The summed E-state index contributed by atoms with van der Waals surface area (Å²) in [6, 6.07) is 0. The summed E-state index contributed by atoms with van der Waals surface area (Å²) in [5, 5.41) is 0. The van der Waals surface area contributed by atoms with Crippen LogP contribution in [0.15, 0.2) is 0 Å². The number of carbonyl (C=O) groups excluding carboxylic acids is 1. The highest BCUT2D eigenvalue weighted by molar-refractivity contribution is 6.01. The largest absolute Gasteiger partial charge is 0.356 e. The minimum absolute atomic E-state index is 0.0208. The van der Waals surface area contributed by atoms with Gasteiger partial charge in [-0.05, 0) is 31.9 Å². The third-order valence-corrected chi connectivity index (χ3v) is 2.44. The van der Waals surface area contributed by atoms with Crippen LogP contribution in [0.2, 0.25) is 0 Å². The van der Waals surface area contributed by atoms with Gasteiger partial charge in [-0.2, -0.15) is 8.78 Å². The molecule has 0 aromatic carbocycles. The van der Waals surface area contributed by atoms with Gasteiger partial charge in [0, 0.05) is 12.6 Å². The van der Waals surface area contributed by atoms with E-state index in [1.807, 2.05) is 0 Å². The monoisotopic (exact) mass is 201 g/mol. The molecule has 1 aromatic heterocycles. The molecule has 0 atom stereocenters. The van der Waals surface area contributed by atoms with Gasteiger partial charge in [-0.15, -0.1) is 0 Å². The van der Waals surface area contributed by atoms with Crippen molar-refractivity contribution in [3.63, 3.8) is 0 Å². The minimum Gasteiger partial charge on any atom is -0.356 e. The van der Waals surface area contributed by atoms with Crippen LogP contribution in [0.5, 0.6) is 0 Å². The van der Waals surface area contributed by atoms with Crippen LogP contribution in [0, 0.1) is 20.8 Å². The van der Waals surface area contributed by atoms with Gasteiger partial charge in [0.1, 0.15) is 0 Å². The Kier molecular flexibility index (Phi) is 2.48. The molecule has 14 heavy (non-hydrogen) atoms. The molecule has 0 unspecified atom stereocenters. The van der Waals surface area contributed by atoms with E-state index in [4.69, 9.17) is 0 Å². The van der Waals surface area contributed by atoms with Crippen molar-refractivity contribution in [2.24, 2.45) is 0 Å². The fourth-order valence-electron chi connectivity index (χ4n) is 1.29. The Labute approximate surface area is 81.3 Å². The molecule has 1 N–H and O–H groups in total. The molecule has 0 aliphatic heterocycles. The summed E-state index contributed by atoms with van der Waals surface area (Å²) in [5.41, 5.74) is 2.24. The second-order valence-electron chi connectivity index (χ2n) is 3.59. The Hall–Kier alpha value is -1.19. The molecule has 0 amide bonds. The molecule has 1 aromatic rings. The van der Waals surface area contributed by atoms with Crippen LogP contribution in [-0.2, 0) is 0 Å². The van der Waals surface area contributed by atoms with Gasteiger partial charge < -0.3 is 4.98 Å². The number of rotatable bonds is 2. The van der Waals surface area contributed by atoms with Gasteiger partial charge in [0.25, 0.3) is 0 Å². The molecule has 78 valence electrons. The summed E-state index contributed by atoms with van der Waals surface area (Å²) in [4.78, 5) is 14.0. The third kappa shape index (κ3) is 1.69. The zero-order chi connectivity index (χ0) is 11.1. The standard InChI is InChI=1S/C10H13F2NO/c1-5-6(2)8(13-7(5)3)9(14)10(4,11)12/h13H,1-4H3. The highest BCUT2D eigenvalue weighted by Gasteiger charge is 2.35. The molecule has 4 heteroatoms. The number of carbonyl (C=O) groups is 1. The quantitative estimate of drug-likeness (QED) is 0.733. The Bertz CT molecular complexity index is 374. The first-order valence-corrected chi connectivity index (χ1v) is 4.33. The molecule has 0 fully saturated rings. The first-order chi connectivity index (χ1) is 6.25.